The quantitative estimate of drug-likeness (QED) is 0.801. The largest absolute Gasteiger partial charge is 0.495 e. The molecule has 2 amide bonds. The fourth-order valence-electron chi connectivity index (χ4n) is 3.47. The number of amides is 2. The number of para-hydroxylation sites is 3. The van der Waals surface area contributed by atoms with Gasteiger partial charge in [0.2, 0.25) is 0 Å². The molecule has 1 fully saturated rings. The molecular weight excluding hydrogens is 360 g/mol. The third kappa shape index (κ3) is 3.99. The fraction of sp³-hybridized carbons (Fsp3) is 0.350. The summed E-state index contributed by atoms with van der Waals surface area (Å²) in [6.07, 6.45) is 0. The highest BCUT2D eigenvalue weighted by Gasteiger charge is 2.25. The molecule has 1 N–H and O–H groups in total. The first-order valence-corrected chi connectivity index (χ1v) is 9.98. The number of nitrogens with zero attached hydrogens (tertiary/aromatic N) is 3. The minimum absolute atomic E-state index is 0.0358. The van der Waals surface area contributed by atoms with Gasteiger partial charge in [-0.1, -0.05) is 24.3 Å². The van der Waals surface area contributed by atoms with Gasteiger partial charge in [0.25, 0.3) is 0 Å². The van der Waals surface area contributed by atoms with Gasteiger partial charge in [-0.15, -0.1) is 0 Å². The first-order chi connectivity index (χ1) is 13.2. The number of anilines is 2. The summed E-state index contributed by atoms with van der Waals surface area (Å²) in [5, 5.41) is 2.96. The van der Waals surface area contributed by atoms with E-state index in [2.05, 4.69) is 21.2 Å². The number of nitrogens with one attached hydrogen (secondary N) is 1. The molecule has 2 heterocycles. The summed E-state index contributed by atoms with van der Waals surface area (Å²) < 4.78 is 7.30. The summed E-state index contributed by atoms with van der Waals surface area (Å²) in [4.78, 5) is 18.2. The Morgan fingerprint density at radius 3 is 2.56 bits per heavy atom. The molecule has 1 saturated heterocycles. The van der Waals surface area contributed by atoms with Crippen molar-refractivity contribution in [3.05, 3.63) is 48.5 Å². The molecular formula is C20H24N4O2S. The number of piperazine rings is 1. The normalized spacial score (nSPS) is 17.4. The van der Waals surface area contributed by atoms with E-state index in [1.807, 2.05) is 46.8 Å². The Morgan fingerprint density at radius 2 is 1.74 bits per heavy atom. The van der Waals surface area contributed by atoms with E-state index in [4.69, 9.17) is 4.74 Å². The molecule has 0 spiro atoms. The predicted octanol–water partition coefficient (Wildman–Crippen LogP) is 3.37. The van der Waals surface area contributed by atoms with Crippen molar-refractivity contribution < 1.29 is 9.53 Å². The van der Waals surface area contributed by atoms with E-state index in [0.29, 0.717) is 6.54 Å². The van der Waals surface area contributed by atoms with Crippen LogP contribution in [-0.2, 0) is 0 Å². The van der Waals surface area contributed by atoms with Crippen molar-refractivity contribution in [1.82, 2.24) is 9.21 Å². The molecule has 7 heteroatoms. The lowest BCUT2D eigenvalue weighted by Gasteiger charge is -2.37. The van der Waals surface area contributed by atoms with Crippen LogP contribution in [0.4, 0.5) is 16.2 Å². The molecule has 2 aliphatic rings. The number of carbonyl (C=O) groups excluding carboxylic acids is 1. The number of carbonyl (C=O) groups is 1. The molecule has 6 nitrogen and oxygen atoms in total. The van der Waals surface area contributed by atoms with Crippen LogP contribution in [0.3, 0.4) is 0 Å². The van der Waals surface area contributed by atoms with Crippen molar-refractivity contribution in [3.63, 3.8) is 0 Å². The summed E-state index contributed by atoms with van der Waals surface area (Å²) in [5.41, 5.74) is 2.05. The van der Waals surface area contributed by atoms with E-state index < -0.39 is 0 Å². The van der Waals surface area contributed by atoms with Crippen LogP contribution in [0, 0.1) is 0 Å². The van der Waals surface area contributed by atoms with Crippen LogP contribution < -0.4 is 15.0 Å². The average Bonchev–Trinajstić information content (AvgIpc) is 2.72. The predicted molar refractivity (Wildman–Crippen MR) is 110 cm³/mol. The average molecular weight is 385 g/mol. The SMILES string of the molecule is COc1ccccc1N1CCN(CCN2Sc3ccccc3NC2=O)CC1. The Balaban J connectivity index is 1.29. The molecule has 2 aliphatic heterocycles. The Hall–Kier alpha value is -2.38. The van der Waals surface area contributed by atoms with E-state index in [1.165, 1.54) is 11.9 Å². The molecule has 0 atom stereocenters. The topological polar surface area (TPSA) is 48.1 Å². The maximum Gasteiger partial charge on any atom is 0.332 e. The van der Waals surface area contributed by atoms with Gasteiger partial charge in [-0.25, -0.2) is 4.79 Å². The first kappa shape index (κ1) is 18.0. The smallest absolute Gasteiger partial charge is 0.332 e. The monoisotopic (exact) mass is 384 g/mol. The molecule has 4 rings (SSSR count). The van der Waals surface area contributed by atoms with Crippen LogP contribution in [0.25, 0.3) is 0 Å². The van der Waals surface area contributed by atoms with E-state index in [1.54, 1.807) is 7.11 Å². The Bertz CT molecular complexity index is 808. The third-order valence-electron chi connectivity index (χ3n) is 4.98. The van der Waals surface area contributed by atoms with Gasteiger partial charge in [0, 0.05) is 39.3 Å². The molecule has 142 valence electrons. The number of ether oxygens (including phenoxy) is 1. The highest BCUT2D eigenvalue weighted by molar-refractivity contribution is 7.97. The molecule has 0 bridgehead atoms. The van der Waals surface area contributed by atoms with Gasteiger partial charge < -0.3 is 15.0 Å². The third-order valence-corrected chi connectivity index (χ3v) is 6.10. The lowest BCUT2D eigenvalue weighted by molar-refractivity contribution is 0.221. The first-order valence-electron chi connectivity index (χ1n) is 9.20. The van der Waals surface area contributed by atoms with Gasteiger partial charge in [-0.2, -0.15) is 0 Å². The maximum atomic E-state index is 12.3. The zero-order valence-corrected chi connectivity index (χ0v) is 16.2. The van der Waals surface area contributed by atoms with E-state index in [9.17, 15) is 4.79 Å². The van der Waals surface area contributed by atoms with E-state index in [-0.39, 0.29) is 6.03 Å². The summed E-state index contributed by atoms with van der Waals surface area (Å²) in [6, 6.07) is 16.0. The molecule has 27 heavy (non-hydrogen) atoms. The van der Waals surface area contributed by atoms with Gasteiger partial charge in [-0.05, 0) is 36.2 Å². The van der Waals surface area contributed by atoms with Crippen LogP contribution in [0.15, 0.2) is 53.4 Å². The summed E-state index contributed by atoms with van der Waals surface area (Å²) in [7, 11) is 1.72. The highest BCUT2D eigenvalue weighted by Crippen LogP contribution is 2.34. The fourth-order valence-corrected chi connectivity index (χ4v) is 4.37. The van der Waals surface area contributed by atoms with Gasteiger partial charge >= 0.3 is 6.03 Å². The zero-order valence-electron chi connectivity index (χ0n) is 15.4. The Kier molecular flexibility index (Phi) is 5.40. The van der Waals surface area contributed by atoms with Crippen LogP contribution in [-0.4, -0.2) is 61.6 Å². The molecule has 0 aromatic heterocycles. The Labute approximate surface area is 164 Å². The van der Waals surface area contributed by atoms with Crippen LogP contribution >= 0.6 is 11.9 Å². The Morgan fingerprint density at radius 1 is 1.00 bits per heavy atom. The van der Waals surface area contributed by atoms with Crippen molar-refractivity contribution in [2.45, 2.75) is 4.90 Å². The number of rotatable bonds is 5. The second-order valence-corrected chi connectivity index (χ2v) is 7.68. The van der Waals surface area contributed by atoms with Crippen molar-refractivity contribution in [2.75, 3.05) is 56.6 Å². The molecule has 2 aromatic carbocycles. The summed E-state index contributed by atoms with van der Waals surface area (Å²) >= 11 is 1.52. The number of hydrogen-bond donors (Lipinski definition) is 1. The lowest BCUT2D eigenvalue weighted by Crippen LogP contribution is -2.49. The van der Waals surface area contributed by atoms with Crippen LogP contribution in [0.2, 0.25) is 0 Å². The van der Waals surface area contributed by atoms with Crippen molar-refractivity contribution >= 4 is 29.4 Å². The second kappa shape index (κ2) is 8.10. The van der Waals surface area contributed by atoms with E-state index in [0.717, 1.165) is 54.7 Å². The molecule has 0 unspecified atom stereocenters. The van der Waals surface area contributed by atoms with Crippen LogP contribution in [0.5, 0.6) is 5.75 Å². The molecule has 0 aliphatic carbocycles. The van der Waals surface area contributed by atoms with Gasteiger partial charge in [0.05, 0.1) is 23.4 Å². The molecule has 2 aromatic rings. The van der Waals surface area contributed by atoms with Gasteiger partial charge in [0.15, 0.2) is 0 Å². The van der Waals surface area contributed by atoms with Crippen molar-refractivity contribution in [2.24, 2.45) is 0 Å². The highest BCUT2D eigenvalue weighted by atomic mass is 32.2. The lowest BCUT2D eigenvalue weighted by atomic mass is 10.2. The summed E-state index contributed by atoms with van der Waals surface area (Å²) in [5.74, 6) is 0.922. The standard InChI is InChI=1S/C20H24N4O2S/c1-26-18-8-4-3-7-17(18)23-13-10-22(11-14-23)12-15-24-20(25)21-16-6-2-5-9-19(16)27-24/h2-9H,10-15H2,1H3,(H,21,25). The van der Waals surface area contributed by atoms with Crippen molar-refractivity contribution in [1.29, 1.82) is 0 Å². The molecule has 0 saturated carbocycles. The number of urea groups is 1. The maximum absolute atomic E-state index is 12.3. The van der Waals surface area contributed by atoms with Crippen LogP contribution in [0.1, 0.15) is 0 Å². The minimum Gasteiger partial charge on any atom is -0.495 e. The van der Waals surface area contributed by atoms with Gasteiger partial charge in [-0.3, -0.25) is 9.21 Å². The van der Waals surface area contributed by atoms with Crippen molar-refractivity contribution in [3.8, 4) is 5.75 Å². The number of hydrogen-bond acceptors (Lipinski definition) is 5. The number of fused-ring (bicyclic) bond motifs is 1. The second-order valence-electron chi connectivity index (χ2n) is 6.62. The zero-order chi connectivity index (χ0) is 18.6. The molecule has 0 radical (unpaired) electrons. The van der Waals surface area contributed by atoms with E-state index >= 15 is 0 Å². The van der Waals surface area contributed by atoms with Gasteiger partial charge in [0.1, 0.15) is 5.75 Å². The number of methoxy groups -OCH3 is 1. The number of benzene rings is 2. The minimum atomic E-state index is -0.0358. The summed E-state index contributed by atoms with van der Waals surface area (Å²) in [6.45, 7) is 5.47.